The Labute approximate surface area is 131 Å². The topological polar surface area (TPSA) is 59.4 Å². The van der Waals surface area contributed by atoms with Gasteiger partial charge in [-0.05, 0) is 32.6 Å². The summed E-state index contributed by atoms with van der Waals surface area (Å²) in [7, 11) is 0. The highest BCUT2D eigenvalue weighted by Gasteiger charge is 2.26. The SMILES string of the molecule is CCn1cc(C(=O)NN2CCCCC2)c(C2CCOCC2)n1. The van der Waals surface area contributed by atoms with Gasteiger partial charge in [0.05, 0.1) is 11.3 Å². The third-order valence-corrected chi connectivity index (χ3v) is 4.58. The highest BCUT2D eigenvalue weighted by Crippen LogP contribution is 2.28. The van der Waals surface area contributed by atoms with E-state index in [-0.39, 0.29) is 5.91 Å². The van der Waals surface area contributed by atoms with Crippen molar-refractivity contribution in [3.63, 3.8) is 0 Å². The number of rotatable bonds is 4. The van der Waals surface area contributed by atoms with E-state index < -0.39 is 0 Å². The van der Waals surface area contributed by atoms with Crippen LogP contribution in [-0.4, -0.2) is 47.0 Å². The van der Waals surface area contributed by atoms with Crippen LogP contribution in [0.4, 0.5) is 0 Å². The first-order chi connectivity index (χ1) is 10.8. The van der Waals surface area contributed by atoms with Crippen molar-refractivity contribution in [1.82, 2.24) is 20.2 Å². The van der Waals surface area contributed by atoms with Crippen LogP contribution in [0.15, 0.2) is 6.20 Å². The highest BCUT2D eigenvalue weighted by atomic mass is 16.5. The normalized spacial score (nSPS) is 21.0. The molecule has 3 rings (SSSR count). The Morgan fingerprint density at radius 2 is 2.05 bits per heavy atom. The zero-order valence-electron chi connectivity index (χ0n) is 13.4. The van der Waals surface area contributed by atoms with Crippen molar-refractivity contribution in [2.24, 2.45) is 0 Å². The van der Waals surface area contributed by atoms with Gasteiger partial charge in [-0.15, -0.1) is 0 Å². The first kappa shape index (κ1) is 15.5. The summed E-state index contributed by atoms with van der Waals surface area (Å²) < 4.78 is 7.30. The highest BCUT2D eigenvalue weighted by molar-refractivity contribution is 5.95. The lowest BCUT2D eigenvalue weighted by molar-refractivity contribution is 0.0736. The Bertz CT molecular complexity index is 502. The van der Waals surface area contributed by atoms with Crippen LogP contribution in [0.1, 0.15) is 61.0 Å². The molecule has 0 spiro atoms. The van der Waals surface area contributed by atoms with Gasteiger partial charge in [-0.25, -0.2) is 5.01 Å². The lowest BCUT2D eigenvalue weighted by atomic mass is 9.94. The summed E-state index contributed by atoms with van der Waals surface area (Å²) in [4.78, 5) is 12.7. The average molecular weight is 306 g/mol. The standard InChI is InChI=1S/C16H26N4O2/c1-2-19-12-14(15(17-19)13-6-10-22-11-7-13)16(21)18-20-8-4-3-5-9-20/h12-13H,2-11H2,1H3,(H,18,21). The van der Waals surface area contributed by atoms with Crippen LogP contribution in [0, 0.1) is 0 Å². The van der Waals surface area contributed by atoms with E-state index in [9.17, 15) is 4.79 Å². The quantitative estimate of drug-likeness (QED) is 0.923. The molecule has 1 amide bonds. The number of nitrogens with zero attached hydrogens (tertiary/aromatic N) is 3. The number of aromatic nitrogens is 2. The number of hydrogen-bond acceptors (Lipinski definition) is 4. The van der Waals surface area contributed by atoms with Crippen molar-refractivity contribution >= 4 is 5.91 Å². The first-order valence-electron chi connectivity index (χ1n) is 8.49. The number of hydrogen-bond donors (Lipinski definition) is 1. The number of ether oxygens (including phenoxy) is 1. The van der Waals surface area contributed by atoms with Gasteiger partial charge in [-0.1, -0.05) is 6.42 Å². The van der Waals surface area contributed by atoms with E-state index in [2.05, 4.69) is 10.5 Å². The molecule has 6 heteroatoms. The van der Waals surface area contributed by atoms with Crippen molar-refractivity contribution in [2.45, 2.75) is 51.5 Å². The van der Waals surface area contributed by atoms with Gasteiger partial charge in [-0.3, -0.25) is 14.9 Å². The molecule has 0 atom stereocenters. The molecular weight excluding hydrogens is 280 g/mol. The van der Waals surface area contributed by atoms with Gasteiger partial charge >= 0.3 is 0 Å². The molecule has 2 aliphatic heterocycles. The molecule has 0 saturated carbocycles. The van der Waals surface area contributed by atoms with Gasteiger partial charge in [0.2, 0.25) is 0 Å². The minimum absolute atomic E-state index is 0.0110. The van der Waals surface area contributed by atoms with E-state index in [1.54, 1.807) is 0 Å². The lowest BCUT2D eigenvalue weighted by Gasteiger charge is -2.27. The number of hydrazine groups is 1. The van der Waals surface area contributed by atoms with E-state index in [1.165, 1.54) is 6.42 Å². The Kier molecular flexibility index (Phi) is 5.10. The maximum Gasteiger partial charge on any atom is 0.269 e. The fourth-order valence-electron chi connectivity index (χ4n) is 3.26. The van der Waals surface area contributed by atoms with Crippen LogP contribution in [0.25, 0.3) is 0 Å². The van der Waals surface area contributed by atoms with Gasteiger partial charge in [0.25, 0.3) is 5.91 Å². The van der Waals surface area contributed by atoms with Gasteiger partial charge < -0.3 is 4.74 Å². The largest absolute Gasteiger partial charge is 0.381 e. The van der Waals surface area contributed by atoms with Crippen LogP contribution in [0.5, 0.6) is 0 Å². The Hall–Kier alpha value is -1.40. The smallest absolute Gasteiger partial charge is 0.269 e. The number of carbonyl (C=O) groups is 1. The zero-order valence-corrected chi connectivity index (χ0v) is 13.4. The minimum Gasteiger partial charge on any atom is -0.381 e. The molecular formula is C16H26N4O2. The maximum atomic E-state index is 12.7. The van der Waals surface area contributed by atoms with Crippen LogP contribution in [-0.2, 0) is 11.3 Å². The summed E-state index contributed by atoms with van der Waals surface area (Å²) in [6.07, 6.45) is 7.36. The number of piperidine rings is 1. The molecule has 1 aromatic rings. The van der Waals surface area contributed by atoms with Gasteiger partial charge in [0.15, 0.2) is 0 Å². The molecule has 1 aromatic heterocycles. The molecule has 0 bridgehead atoms. The monoisotopic (exact) mass is 306 g/mol. The number of amides is 1. The summed E-state index contributed by atoms with van der Waals surface area (Å²) in [6.45, 7) is 6.24. The summed E-state index contributed by atoms with van der Waals surface area (Å²) in [6, 6.07) is 0. The van der Waals surface area contributed by atoms with E-state index in [0.29, 0.717) is 5.92 Å². The Morgan fingerprint density at radius 3 is 2.73 bits per heavy atom. The van der Waals surface area contributed by atoms with Crippen LogP contribution in [0.2, 0.25) is 0 Å². The molecule has 0 aliphatic carbocycles. The van der Waals surface area contributed by atoms with E-state index in [0.717, 1.165) is 69.8 Å². The van der Waals surface area contributed by atoms with Gasteiger partial charge in [0, 0.05) is 45.0 Å². The molecule has 0 radical (unpaired) electrons. The maximum absolute atomic E-state index is 12.7. The van der Waals surface area contributed by atoms with Crippen molar-refractivity contribution < 1.29 is 9.53 Å². The average Bonchev–Trinajstić information content (AvgIpc) is 3.01. The van der Waals surface area contributed by atoms with Gasteiger partial charge in [0.1, 0.15) is 0 Å². The van der Waals surface area contributed by atoms with E-state index >= 15 is 0 Å². The third-order valence-electron chi connectivity index (χ3n) is 4.58. The number of aryl methyl sites for hydroxylation is 1. The van der Waals surface area contributed by atoms with Crippen molar-refractivity contribution in [3.05, 3.63) is 17.5 Å². The molecule has 0 aromatic carbocycles. The zero-order chi connectivity index (χ0) is 15.4. The predicted octanol–water partition coefficient (Wildman–Crippen LogP) is 1.93. The minimum atomic E-state index is -0.0110. The molecule has 0 unspecified atom stereocenters. The summed E-state index contributed by atoms with van der Waals surface area (Å²) >= 11 is 0. The second-order valence-electron chi connectivity index (χ2n) is 6.16. The second-order valence-corrected chi connectivity index (χ2v) is 6.16. The molecule has 6 nitrogen and oxygen atoms in total. The molecule has 2 fully saturated rings. The Balaban J connectivity index is 1.75. The van der Waals surface area contributed by atoms with Crippen molar-refractivity contribution in [2.75, 3.05) is 26.3 Å². The van der Waals surface area contributed by atoms with Gasteiger partial charge in [-0.2, -0.15) is 5.10 Å². The Morgan fingerprint density at radius 1 is 1.32 bits per heavy atom. The van der Waals surface area contributed by atoms with E-state index in [4.69, 9.17) is 4.74 Å². The van der Waals surface area contributed by atoms with Crippen molar-refractivity contribution in [3.8, 4) is 0 Å². The lowest BCUT2D eigenvalue weighted by Crippen LogP contribution is -2.45. The van der Waals surface area contributed by atoms with Crippen molar-refractivity contribution in [1.29, 1.82) is 0 Å². The van der Waals surface area contributed by atoms with E-state index in [1.807, 2.05) is 22.8 Å². The van der Waals surface area contributed by atoms with Crippen LogP contribution >= 0.6 is 0 Å². The summed E-state index contributed by atoms with van der Waals surface area (Å²) in [5.41, 5.74) is 4.74. The summed E-state index contributed by atoms with van der Waals surface area (Å²) in [5, 5.41) is 6.69. The number of carbonyl (C=O) groups excluding carboxylic acids is 1. The first-order valence-corrected chi connectivity index (χ1v) is 8.49. The molecule has 122 valence electrons. The molecule has 1 N–H and O–H groups in total. The second kappa shape index (κ2) is 7.24. The molecule has 3 heterocycles. The van der Waals surface area contributed by atoms with Crippen LogP contribution in [0.3, 0.4) is 0 Å². The summed E-state index contributed by atoms with van der Waals surface area (Å²) in [5.74, 6) is 0.326. The number of nitrogens with one attached hydrogen (secondary N) is 1. The fraction of sp³-hybridized carbons (Fsp3) is 0.750. The molecule has 2 aliphatic rings. The molecule has 22 heavy (non-hydrogen) atoms. The molecule has 2 saturated heterocycles. The van der Waals surface area contributed by atoms with Crippen LogP contribution < -0.4 is 5.43 Å². The third kappa shape index (κ3) is 3.50. The fourth-order valence-corrected chi connectivity index (χ4v) is 3.26. The predicted molar refractivity (Wildman–Crippen MR) is 83.6 cm³/mol.